The molecule has 4 aliphatic rings. The van der Waals surface area contributed by atoms with Gasteiger partial charge in [0.25, 0.3) is 0 Å². The van der Waals surface area contributed by atoms with Gasteiger partial charge in [-0.15, -0.1) is 0 Å². The Morgan fingerprint density at radius 2 is 1.93 bits per heavy atom. The molecule has 4 aliphatic carbocycles. The van der Waals surface area contributed by atoms with E-state index in [9.17, 15) is 14.7 Å². The monoisotopic (exact) mass is 390 g/mol. The van der Waals surface area contributed by atoms with Crippen LogP contribution in [-0.2, 0) is 9.59 Å². The Labute approximate surface area is 169 Å². The van der Waals surface area contributed by atoms with E-state index in [2.05, 4.69) is 20.8 Å². The number of fused-ring (bicyclic) bond motifs is 5. The first-order valence-corrected chi connectivity index (χ1v) is 11.6. The number of Topliss-reactive ketones (excluding diaryl/α,β-unsaturated/α-hetero) is 1. The fourth-order valence-corrected chi connectivity index (χ4v) is 8.47. The van der Waals surface area contributed by atoms with Crippen LogP contribution in [0.25, 0.3) is 0 Å². The molecule has 0 heterocycles. The number of aliphatic hydroxyl groups excluding tert-OH is 1. The summed E-state index contributed by atoms with van der Waals surface area (Å²) in [6.07, 6.45) is 9.07. The van der Waals surface area contributed by atoms with Crippen LogP contribution in [-0.4, -0.2) is 28.1 Å². The molecule has 4 fully saturated rings. The first-order chi connectivity index (χ1) is 13.2. The van der Waals surface area contributed by atoms with E-state index in [0.717, 1.165) is 19.3 Å². The number of rotatable bonds is 4. The van der Waals surface area contributed by atoms with Crippen molar-refractivity contribution in [3.8, 4) is 0 Å². The number of hydrogen-bond donors (Lipinski definition) is 2. The van der Waals surface area contributed by atoms with Crippen LogP contribution in [0, 0.1) is 46.3 Å². The van der Waals surface area contributed by atoms with Gasteiger partial charge in [-0.05, 0) is 79.4 Å². The van der Waals surface area contributed by atoms with Crippen LogP contribution in [0.15, 0.2) is 0 Å². The standard InChI is InChI=1S/C24H38O4/c1-14(7-10-21(27)28)16-8-9-17-22-18(13-20(26)24(16,17)3)23(2)11-5-4-6-15(23)12-19(22)25/h14-19,22,25H,4-13H2,1-3H3,(H,27,28)/t14-,15+,16-,17+,18+,19-,22+,23+,24-/m1/s1. The van der Waals surface area contributed by atoms with Crippen molar-refractivity contribution in [1.29, 1.82) is 0 Å². The molecule has 28 heavy (non-hydrogen) atoms. The summed E-state index contributed by atoms with van der Waals surface area (Å²) in [6, 6.07) is 0. The fourth-order valence-electron chi connectivity index (χ4n) is 8.47. The first-order valence-electron chi connectivity index (χ1n) is 11.6. The van der Waals surface area contributed by atoms with Crippen molar-refractivity contribution in [2.45, 2.75) is 91.1 Å². The molecule has 4 rings (SSSR count). The average Bonchev–Trinajstić information content (AvgIpc) is 3.00. The third-order valence-electron chi connectivity index (χ3n) is 10.0. The Bertz CT molecular complexity index is 645. The zero-order valence-corrected chi connectivity index (χ0v) is 17.8. The molecule has 0 unspecified atom stereocenters. The molecule has 0 amide bonds. The summed E-state index contributed by atoms with van der Waals surface area (Å²) in [4.78, 5) is 24.7. The predicted molar refractivity (Wildman–Crippen MR) is 108 cm³/mol. The molecule has 4 nitrogen and oxygen atoms in total. The van der Waals surface area contributed by atoms with Crippen molar-refractivity contribution in [2.75, 3.05) is 0 Å². The SMILES string of the molecule is C[C@H](CCC(=O)O)[C@H]1CC[C@H]2[C@@H]3[C@H](O)C[C@@H]4CCCC[C@]4(C)[C@H]3CC(=O)[C@]12C. The van der Waals surface area contributed by atoms with Crippen LogP contribution in [0.1, 0.15) is 85.0 Å². The molecular formula is C24H38O4. The lowest BCUT2D eigenvalue weighted by molar-refractivity contribution is -0.176. The minimum absolute atomic E-state index is 0.182. The Balaban J connectivity index is 1.62. The Morgan fingerprint density at radius 3 is 2.64 bits per heavy atom. The predicted octanol–water partition coefficient (Wildman–Crippen LogP) is 4.69. The number of aliphatic hydroxyl groups is 1. The maximum atomic E-state index is 13.6. The van der Waals surface area contributed by atoms with E-state index >= 15 is 0 Å². The van der Waals surface area contributed by atoms with E-state index < -0.39 is 5.97 Å². The Hall–Kier alpha value is -0.900. The van der Waals surface area contributed by atoms with Crippen molar-refractivity contribution >= 4 is 11.8 Å². The highest BCUT2D eigenvalue weighted by atomic mass is 16.4. The Morgan fingerprint density at radius 1 is 1.18 bits per heavy atom. The maximum absolute atomic E-state index is 13.6. The van der Waals surface area contributed by atoms with Gasteiger partial charge < -0.3 is 10.2 Å². The van der Waals surface area contributed by atoms with Gasteiger partial charge in [-0.3, -0.25) is 9.59 Å². The summed E-state index contributed by atoms with van der Waals surface area (Å²) < 4.78 is 0. The third-order valence-corrected chi connectivity index (χ3v) is 10.0. The van der Waals surface area contributed by atoms with Crippen LogP contribution in [0.2, 0.25) is 0 Å². The number of carbonyl (C=O) groups excluding carboxylic acids is 1. The van der Waals surface area contributed by atoms with E-state index in [4.69, 9.17) is 5.11 Å². The van der Waals surface area contributed by atoms with Gasteiger partial charge in [-0.2, -0.15) is 0 Å². The number of aliphatic carboxylic acids is 1. The third kappa shape index (κ3) is 2.88. The topological polar surface area (TPSA) is 74.6 Å². The largest absolute Gasteiger partial charge is 0.481 e. The molecule has 0 aromatic heterocycles. The van der Waals surface area contributed by atoms with E-state index in [1.54, 1.807) is 0 Å². The van der Waals surface area contributed by atoms with Crippen molar-refractivity contribution < 1.29 is 19.8 Å². The van der Waals surface area contributed by atoms with Crippen molar-refractivity contribution in [2.24, 2.45) is 46.3 Å². The second kappa shape index (κ2) is 7.11. The minimum Gasteiger partial charge on any atom is -0.481 e. The van der Waals surface area contributed by atoms with Gasteiger partial charge in [0.05, 0.1) is 6.10 Å². The maximum Gasteiger partial charge on any atom is 0.303 e. The zero-order chi connectivity index (χ0) is 20.3. The molecule has 0 bridgehead atoms. The summed E-state index contributed by atoms with van der Waals surface area (Å²) in [5.74, 6) is 1.58. The average molecular weight is 391 g/mol. The highest BCUT2D eigenvalue weighted by Gasteiger charge is 2.65. The second-order valence-electron chi connectivity index (χ2n) is 11.0. The quantitative estimate of drug-likeness (QED) is 0.730. The van der Waals surface area contributed by atoms with Gasteiger partial charge in [0.1, 0.15) is 5.78 Å². The molecule has 4 heteroatoms. The molecule has 0 spiro atoms. The molecule has 0 saturated heterocycles. The normalized spacial score (nSPS) is 49.1. The lowest BCUT2D eigenvalue weighted by atomic mass is 9.43. The number of carbonyl (C=O) groups is 2. The van der Waals surface area contributed by atoms with Crippen LogP contribution >= 0.6 is 0 Å². The van der Waals surface area contributed by atoms with Gasteiger partial charge in [-0.1, -0.05) is 33.6 Å². The molecular weight excluding hydrogens is 352 g/mol. The van der Waals surface area contributed by atoms with Crippen molar-refractivity contribution in [1.82, 2.24) is 0 Å². The second-order valence-corrected chi connectivity index (χ2v) is 11.0. The molecule has 4 saturated carbocycles. The van der Waals surface area contributed by atoms with Gasteiger partial charge in [-0.25, -0.2) is 0 Å². The van der Waals surface area contributed by atoms with Crippen LogP contribution in [0.3, 0.4) is 0 Å². The zero-order valence-electron chi connectivity index (χ0n) is 17.8. The minimum atomic E-state index is -0.749. The van der Waals surface area contributed by atoms with E-state index in [-0.39, 0.29) is 47.0 Å². The highest BCUT2D eigenvalue weighted by Crippen LogP contribution is 2.67. The molecule has 9 atom stereocenters. The van der Waals surface area contributed by atoms with E-state index in [0.29, 0.717) is 30.5 Å². The van der Waals surface area contributed by atoms with Crippen molar-refractivity contribution in [3.63, 3.8) is 0 Å². The lowest BCUT2D eigenvalue weighted by Crippen LogP contribution is -2.60. The molecule has 0 aromatic rings. The van der Waals surface area contributed by atoms with Crippen LogP contribution in [0.5, 0.6) is 0 Å². The summed E-state index contributed by atoms with van der Waals surface area (Å²) in [6.45, 7) is 6.71. The number of ketones is 1. The number of carboxylic acids is 1. The lowest BCUT2D eigenvalue weighted by Gasteiger charge is -2.61. The van der Waals surface area contributed by atoms with Gasteiger partial charge in [0.2, 0.25) is 0 Å². The molecule has 0 aromatic carbocycles. The summed E-state index contributed by atoms with van der Waals surface area (Å²) in [7, 11) is 0. The van der Waals surface area contributed by atoms with E-state index in [1.165, 1.54) is 25.7 Å². The first kappa shape index (κ1) is 20.4. The molecule has 2 N–H and O–H groups in total. The van der Waals surface area contributed by atoms with E-state index in [1.807, 2.05) is 0 Å². The number of hydrogen-bond acceptors (Lipinski definition) is 3. The fraction of sp³-hybridized carbons (Fsp3) is 0.917. The summed E-state index contributed by atoms with van der Waals surface area (Å²) in [5, 5.41) is 20.3. The number of carboxylic acid groups (broad SMARTS) is 1. The van der Waals surface area contributed by atoms with Gasteiger partial charge in [0.15, 0.2) is 0 Å². The van der Waals surface area contributed by atoms with Gasteiger partial charge in [0, 0.05) is 18.3 Å². The van der Waals surface area contributed by atoms with Crippen LogP contribution < -0.4 is 0 Å². The van der Waals surface area contributed by atoms with Crippen molar-refractivity contribution in [3.05, 3.63) is 0 Å². The summed E-state index contributed by atoms with van der Waals surface area (Å²) in [5.41, 5.74) is -0.163. The Kier molecular flexibility index (Phi) is 5.17. The molecule has 158 valence electrons. The highest BCUT2D eigenvalue weighted by molar-refractivity contribution is 5.87. The van der Waals surface area contributed by atoms with Crippen LogP contribution in [0.4, 0.5) is 0 Å². The summed E-state index contributed by atoms with van der Waals surface area (Å²) >= 11 is 0. The smallest absolute Gasteiger partial charge is 0.303 e. The molecule has 0 radical (unpaired) electrons. The molecule has 0 aliphatic heterocycles. The van der Waals surface area contributed by atoms with Gasteiger partial charge >= 0.3 is 5.97 Å².